The summed E-state index contributed by atoms with van der Waals surface area (Å²) in [6, 6.07) is 16.9. The van der Waals surface area contributed by atoms with Crippen LogP contribution in [0, 0.1) is 0 Å². The molecule has 9 heteroatoms. The van der Waals surface area contributed by atoms with E-state index < -0.39 is 11.9 Å². The summed E-state index contributed by atoms with van der Waals surface area (Å²) in [5.74, 6) is -0.0298. The molecule has 0 saturated carbocycles. The minimum absolute atomic E-state index is 0.0907. The highest BCUT2D eigenvalue weighted by molar-refractivity contribution is 6.00. The van der Waals surface area contributed by atoms with Crippen LogP contribution in [0.25, 0.3) is 11.3 Å². The average Bonchev–Trinajstić information content (AvgIpc) is 3.43. The number of aromatic nitrogens is 5. The number of fused-ring (bicyclic) bond motifs is 1. The first-order valence-corrected chi connectivity index (χ1v) is 10.8. The molecule has 3 heterocycles. The number of carbonyl (C=O) groups is 2. The van der Waals surface area contributed by atoms with Crippen LogP contribution in [0.1, 0.15) is 34.0 Å². The Bertz CT molecular complexity index is 1310. The lowest BCUT2D eigenvalue weighted by atomic mass is 10.0. The van der Waals surface area contributed by atoms with Gasteiger partial charge in [-0.3, -0.25) is 14.3 Å². The fraction of sp³-hybridized carbons (Fsp3) is 0.208. The number of hydrogen-bond donors (Lipinski definition) is 3. The van der Waals surface area contributed by atoms with Crippen molar-refractivity contribution in [2.24, 2.45) is 7.05 Å². The molecule has 0 unspecified atom stereocenters. The monoisotopic (exact) mass is 441 g/mol. The minimum Gasteiger partial charge on any atom is -0.337 e. The molecule has 0 fully saturated rings. The van der Waals surface area contributed by atoms with E-state index in [1.807, 2.05) is 67.8 Å². The van der Waals surface area contributed by atoms with Gasteiger partial charge in [-0.15, -0.1) is 10.2 Å². The third kappa shape index (κ3) is 4.52. The SMILES string of the molecule is Cn1ccc(-c2ccc3c(c2)CC[C@H](NC(=O)c2nnc(Cc4ccccc4)[nH]2)C(=O)N3)n1. The average molecular weight is 441 g/mol. The van der Waals surface area contributed by atoms with Crippen LogP contribution in [0.5, 0.6) is 0 Å². The molecule has 1 atom stereocenters. The molecule has 1 aliphatic rings. The predicted octanol–water partition coefficient (Wildman–Crippen LogP) is 2.48. The van der Waals surface area contributed by atoms with Gasteiger partial charge in [0.25, 0.3) is 5.91 Å². The summed E-state index contributed by atoms with van der Waals surface area (Å²) in [5.41, 5.74) is 4.68. The van der Waals surface area contributed by atoms with E-state index in [2.05, 4.69) is 30.9 Å². The van der Waals surface area contributed by atoms with Crippen LogP contribution >= 0.6 is 0 Å². The van der Waals surface area contributed by atoms with Gasteiger partial charge in [-0.25, -0.2) is 0 Å². The number of carbonyl (C=O) groups excluding carboxylic acids is 2. The molecule has 1 aliphatic heterocycles. The number of amides is 2. The summed E-state index contributed by atoms with van der Waals surface area (Å²) in [6.45, 7) is 0. The molecule has 0 spiro atoms. The Hall–Kier alpha value is -4.27. The zero-order valence-corrected chi connectivity index (χ0v) is 18.1. The number of H-pyrrole nitrogens is 1. The molecule has 0 radical (unpaired) electrons. The molecule has 0 aliphatic carbocycles. The predicted molar refractivity (Wildman–Crippen MR) is 122 cm³/mol. The van der Waals surface area contributed by atoms with Gasteiger partial charge in [0.15, 0.2) is 0 Å². The molecule has 33 heavy (non-hydrogen) atoms. The lowest BCUT2D eigenvalue weighted by Gasteiger charge is -2.14. The summed E-state index contributed by atoms with van der Waals surface area (Å²) in [6.07, 6.45) is 3.54. The second-order valence-corrected chi connectivity index (χ2v) is 8.08. The van der Waals surface area contributed by atoms with Crippen molar-refractivity contribution in [3.05, 3.63) is 83.6 Å². The lowest BCUT2D eigenvalue weighted by molar-refractivity contribution is -0.118. The number of hydrogen-bond acceptors (Lipinski definition) is 5. The van der Waals surface area contributed by atoms with Crippen LogP contribution in [0.4, 0.5) is 5.69 Å². The Kier molecular flexibility index (Phi) is 5.43. The third-order valence-electron chi connectivity index (χ3n) is 5.66. The first kappa shape index (κ1) is 20.6. The van der Waals surface area contributed by atoms with E-state index in [4.69, 9.17) is 0 Å². The molecule has 3 N–H and O–H groups in total. The van der Waals surface area contributed by atoms with Crippen LogP contribution in [0.2, 0.25) is 0 Å². The Morgan fingerprint density at radius 3 is 2.79 bits per heavy atom. The van der Waals surface area contributed by atoms with Crippen molar-refractivity contribution in [1.82, 2.24) is 30.3 Å². The van der Waals surface area contributed by atoms with Crippen molar-refractivity contribution >= 4 is 17.5 Å². The quantitative estimate of drug-likeness (QED) is 0.440. The fourth-order valence-electron chi connectivity index (χ4n) is 3.93. The van der Waals surface area contributed by atoms with Gasteiger partial charge >= 0.3 is 0 Å². The van der Waals surface area contributed by atoms with Gasteiger partial charge in [-0.2, -0.15) is 5.10 Å². The Balaban J connectivity index is 1.26. The van der Waals surface area contributed by atoms with Gasteiger partial charge in [0.05, 0.1) is 5.69 Å². The van der Waals surface area contributed by atoms with Crippen molar-refractivity contribution in [3.63, 3.8) is 0 Å². The number of rotatable bonds is 5. The normalized spacial score (nSPS) is 15.4. The molecule has 4 aromatic rings. The van der Waals surface area contributed by atoms with Crippen molar-refractivity contribution < 1.29 is 9.59 Å². The first-order chi connectivity index (χ1) is 16.0. The second kappa shape index (κ2) is 8.70. The second-order valence-electron chi connectivity index (χ2n) is 8.08. The highest BCUT2D eigenvalue weighted by Crippen LogP contribution is 2.27. The number of aromatic amines is 1. The van der Waals surface area contributed by atoms with E-state index in [1.54, 1.807) is 4.68 Å². The highest BCUT2D eigenvalue weighted by Gasteiger charge is 2.27. The Morgan fingerprint density at radius 1 is 1.15 bits per heavy atom. The summed E-state index contributed by atoms with van der Waals surface area (Å²) >= 11 is 0. The van der Waals surface area contributed by atoms with Crippen LogP contribution in [-0.2, 0) is 24.7 Å². The van der Waals surface area contributed by atoms with Gasteiger partial charge in [-0.1, -0.05) is 36.4 Å². The lowest BCUT2D eigenvalue weighted by Crippen LogP contribution is -2.43. The highest BCUT2D eigenvalue weighted by atomic mass is 16.2. The van der Waals surface area contributed by atoms with E-state index in [0.29, 0.717) is 25.1 Å². The summed E-state index contributed by atoms with van der Waals surface area (Å²) in [4.78, 5) is 28.4. The number of nitrogens with zero attached hydrogens (tertiary/aromatic N) is 4. The Morgan fingerprint density at radius 2 is 2.00 bits per heavy atom. The summed E-state index contributed by atoms with van der Waals surface area (Å²) < 4.78 is 1.75. The number of aryl methyl sites for hydroxylation is 2. The van der Waals surface area contributed by atoms with Gasteiger partial charge in [0.1, 0.15) is 11.9 Å². The molecule has 2 aromatic heterocycles. The van der Waals surface area contributed by atoms with Crippen LogP contribution < -0.4 is 10.6 Å². The van der Waals surface area contributed by atoms with E-state index in [0.717, 1.165) is 28.1 Å². The molecule has 0 bridgehead atoms. The van der Waals surface area contributed by atoms with Gasteiger partial charge < -0.3 is 15.6 Å². The third-order valence-corrected chi connectivity index (χ3v) is 5.66. The molecule has 5 rings (SSSR count). The summed E-state index contributed by atoms with van der Waals surface area (Å²) in [7, 11) is 1.87. The molecule has 2 aromatic carbocycles. The standard InChI is InChI=1S/C24H23N7O2/c1-31-12-11-19(30-31)17-7-9-18-16(14-17)8-10-20(23(32)25-18)26-24(33)22-27-21(28-29-22)13-15-5-3-2-4-6-15/h2-7,9,11-12,14,20H,8,10,13H2,1H3,(H,25,32)(H,26,33)(H,27,28,29)/t20-/m0/s1. The maximum atomic E-state index is 12.8. The van der Waals surface area contributed by atoms with Crippen LogP contribution in [0.15, 0.2) is 60.8 Å². The van der Waals surface area contributed by atoms with Gasteiger partial charge in [-0.05, 0) is 42.2 Å². The molecular weight excluding hydrogens is 418 g/mol. The van der Waals surface area contributed by atoms with E-state index in [9.17, 15) is 9.59 Å². The van der Waals surface area contributed by atoms with E-state index >= 15 is 0 Å². The zero-order valence-electron chi connectivity index (χ0n) is 18.1. The first-order valence-electron chi connectivity index (χ1n) is 10.8. The Labute approximate surface area is 190 Å². The van der Waals surface area contributed by atoms with Crippen LogP contribution in [-0.4, -0.2) is 42.8 Å². The van der Waals surface area contributed by atoms with Crippen LogP contribution in [0.3, 0.4) is 0 Å². The van der Waals surface area contributed by atoms with Crippen molar-refractivity contribution in [3.8, 4) is 11.3 Å². The van der Waals surface area contributed by atoms with E-state index in [1.165, 1.54) is 0 Å². The number of anilines is 1. The molecule has 2 amide bonds. The van der Waals surface area contributed by atoms with E-state index in [-0.39, 0.29) is 11.7 Å². The number of nitrogens with one attached hydrogen (secondary N) is 3. The van der Waals surface area contributed by atoms with Gasteiger partial charge in [0, 0.05) is 30.9 Å². The maximum Gasteiger partial charge on any atom is 0.289 e. The largest absolute Gasteiger partial charge is 0.337 e. The number of benzene rings is 2. The minimum atomic E-state index is -0.675. The van der Waals surface area contributed by atoms with Crippen molar-refractivity contribution in [2.75, 3.05) is 5.32 Å². The fourth-order valence-corrected chi connectivity index (χ4v) is 3.93. The van der Waals surface area contributed by atoms with Gasteiger partial charge in [0.2, 0.25) is 11.7 Å². The van der Waals surface area contributed by atoms with Crippen molar-refractivity contribution in [2.45, 2.75) is 25.3 Å². The molecule has 166 valence electrons. The molecular formula is C24H23N7O2. The topological polar surface area (TPSA) is 118 Å². The summed E-state index contributed by atoms with van der Waals surface area (Å²) in [5, 5.41) is 18.2. The van der Waals surface area contributed by atoms with Crippen molar-refractivity contribution in [1.29, 1.82) is 0 Å². The molecule has 9 nitrogen and oxygen atoms in total. The molecule has 0 saturated heterocycles. The maximum absolute atomic E-state index is 12.8. The zero-order chi connectivity index (χ0) is 22.8. The smallest absolute Gasteiger partial charge is 0.289 e.